The monoisotopic (exact) mass is 592 g/mol. The Labute approximate surface area is 228 Å². The van der Waals surface area contributed by atoms with E-state index < -0.39 is 99.0 Å². The van der Waals surface area contributed by atoms with E-state index in [1.807, 2.05) is 0 Å². The van der Waals surface area contributed by atoms with Gasteiger partial charge in [-0.3, -0.25) is 0 Å². The van der Waals surface area contributed by atoms with Crippen LogP contribution in [0.25, 0.3) is 0 Å². The van der Waals surface area contributed by atoms with Gasteiger partial charge in [-0.2, -0.15) is 13.2 Å². The summed E-state index contributed by atoms with van der Waals surface area (Å²) in [6.07, 6.45) is -22.0. The quantitative estimate of drug-likeness (QED) is 0.154. The highest BCUT2D eigenvalue weighted by Gasteiger charge is 2.56. The molecule has 7 N–H and O–H groups in total. The molecule has 0 bridgehead atoms. The number of rotatable bonds is 11. The molecule has 234 valence electrons. The summed E-state index contributed by atoms with van der Waals surface area (Å²) in [4.78, 5) is 11.9. The van der Waals surface area contributed by atoms with Crippen molar-refractivity contribution in [2.24, 2.45) is 5.92 Å². The van der Waals surface area contributed by atoms with Crippen LogP contribution in [0.4, 0.5) is 13.2 Å². The molecule has 0 radical (unpaired) electrons. The van der Waals surface area contributed by atoms with Crippen LogP contribution in [0.3, 0.4) is 0 Å². The van der Waals surface area contributed by atoms with Crippen molar-refractivity contribution in [2.75, 3.05) is 13.2 Å². The number of hydrogen-bond acceptors (Lipinski definition) is 12. The van der Waals surface area contributed by atoms with Crippen molar-refractivity contribution in [3.05, 3.63) is 0 Å². The van der Waals surface area contributed by atoms with E-state index in [2.05, 4.69) is 4.74 Å². The van der Waals surface area contributed by atoms with Crippen molar-refractivity contribution in [2.45, 2.75) is 125 Å². The molecule has 5 unspecified atom stereocenters. The first-order chi connectivity index (χ1) is 18.7. The lowest BCUT2D eigenvalue weighted by Gasteiger charge is -2.43. The van der Waals surface area contributed by atoms with Crippen molar-refractivity contribution in [3.8, 4) is 0 Å². The average Bonchev–Trinajstić information content (AvgIpc) is 2.89. The van der Waals surface area contributed by atoms with Gasteiger partial charge in [-0.25, -0.2) is 4.79 Å². The van der Waals surface area contributed by atoms with Crippen molar-refractivity contribution >= 4 is 5.97 Å². The lowest BCUT2D eigenvalue weighted by Crippen LogP contribution is -2.62. The number of aliphatic carboxylic acids is 1. The summed E-state index contributed by atoms with van der Waals surface area (Å²) in [5, 5.41) is 70.2. The third-order valence-electron chi connectivity index (χ3n) is 7.44. The van der Waals surface area contributed by atoms with Crippen molar-refractivity contribution in [3.63, 3.8) is 0 Å². The summed E-state index contributed by atoms with van der Waals surface area (Å²) >= 11 is 0. The van der Waals surface area contributed by atoms with Crippen molar-refractivity contribution in [1.29, 1.82) is 0 Å². The molecule has 2 aliphatic heterocycles. The highest BCUT2D eigenvalue weighted by Crippen LogP contribution is 2.34. The fraction of sp³-hybridized carbons (Fsp3) is 0.958. The Hall–Kier alpha value is -1.18. The second-order valence-electron chi connectivity index (χ2n) is 10.6. The van der Waals surface area contributed by atoms with Crippen LogP contribution in [0.2, 0.25) is 0 Å². The van der Waals surface area contributed by atoms with E-state index >= 15 is 0 Å². The van der Waals surface area contributed by atoms with E-state index in [4.69, 9.17) is 18.9 Å². The summed E-state index contributed by atoms with van der Waals surface area (Å²) in [7, 11) is 0. The van der Waals surface area contributed by atoms with Crippen LogP contribution in [-0.2, 0) is 28.5 Å². The number of aliphatic hydroxyl groups excluding tert-OH is 6. The van der Waals surface area contributed by atoms with Gasteiger partial charge in [0.2, 0.25) is 0 Å². The normalized spacial score (nSPS) is 39.5. The number of hydrogen-bond donors (Lipinski definition) is 7. The van der Waals surface area contributed by atoms with Crippen LogP contribution < -0.4 is 0 Å². The first kappa shape index (κ1) is 33.3. The minimum atomic E-state index is -5.07. The zero-order valence-electron chi connectivity index (χ0n) is 21.9. The van der Waals surface area contributed by atoms with Gasteiger partial charge in [0, 0.05) is 0 Å². The third kappa shape index (κ3) is 8.22. The van der Waals surface area contributed by atoms with Crippen LogP contribution >= 0.6 is 0 Å². The molecule has 3 rings (SSSR count). The standard InChI is InChI=1S/C24H39F3O13/c1-10(9-36-22-17(32)15(30)16(31)20(40-22)24(25,26)27)37-23-18(33)19(14(29)13(8-28)39-23)38-12(21(34)35)7-11-5-3-2-4-6-11/h10-20,22-23,28-33H,2-9H2,1H3,(H,34,35)/t10-,12+,13?,14+,15+,16+,17?,18?,19?,20?,22-,23-/m1/s1. The topological polar surface area (TPSA) is 205 Å². The molecular formula is C24H39F3O13. The first-order valence-electron chi connectivity index (χ1n) is 13.3. The largest absolute Gasteiger partial charge is 0.479 e. The molecule has 0 aromatic heterocycles. The molecule has 16 heteroatoms. The molecule has 1 saturated carbocycles. The second kappa shape index (κ2) is 14.3. The van der Waals surface area contributed by atoms with Crippen LogP contribution in [0.15, 0.2) is 0 Å². The van der Waals surface area contributed by atoms with Gasteiger partial charge in [0.05, 0.1) is 19.3 Å². The Morgan fingerprint density at radius 1 is 0.900 bits per heavy atom. The summed E-state index contributed by atoms with van der Waals surface area (Å²) in [6, 6.07) is 0. The van der Waals surface area contributed by atoms with Gasteiger partial charge in [0.1, 0.15) is 42.7 Å². The Balaban J connectivity index is 1.62. The molecule has 2 saturated heterocycles. The molecule has 0 spiro atoms. The molecule has 0 aromatic carbocycles. The third-order valence-corrected chi connectivity index (χ3v) is 7.44. The number of alkyl halides is 3. The van der Waals surface area contributed by atoms with Gasteiger partial charge >= 0.3 is 12.1 Å². The first-order valence-corrected chi connectivity index (χ1v) is 13.3. The number of ether oxygens (including phenoxy) is 5. The molecule has 1 aliphatic carbocycles. The molecule has 0 aromatic rings. The maximum absolute atomic E-state index is 13.1. The number of carboxylic acid groups (broad SMARTS) is 1. The lowest BCUT2D eigenvalue weighted by atomic mass is 9.85. The average molecular weight is 593 g/mol. The second-order valence-corrected chi connectivity index (χ2v) is 10.6. The number of carbonyl (C=O) groups is 1. The molecule has 40 heavy (non-hydrogen) atoms. The fourth-order valence-electron chi connectivity index (χ4n) is 5.21. The van der Waals surface area contributed by atoms with Crippen LogP contribution in [0, 0.1) is 5.92 Å². The van der Waals surface area contributed by atoms with Gasteiger partial charge < -0.3 is 59.4 Å². The van der Waals surface area contributed by atoms with Crippen molar-refractivity contribution < 1.29 is 77.4 Å². The van der Waals surface area contributed by atoms with Gasteiger partial charge in [-0.05, 0) is 19.3 Å². The van der Waals surface area contributed by atoms with E-state index in [0.29, 0.717) is 0 Å². The van der Waals surface area contributed by atoms with E-state index in [-0.39, 0.29) is 12.3 Å². The predicted molar refractivity (Wildman–Crippen MR) is 124 cm³/mol. The highest BCUT2D eigenvalue weighted by atomic mass is 19.4. The minimum Gasteiger partial charge on any atom is -0.479 e. The summed E-state index contributed by atoms with van der Waals surface area (Å²) < 4.78 is 65.8. The molecule has 0 amide bonds. The van der Waals surface area contributed by atoms with Gasteiger partial charge in [0.15, 0.2) is 24.8 Å². The van der Waals surface area contributed by atoms with Crippen LogP contribution in [0.1, 0.15) is 45.4 Å². The lowest BCUT2D eigenvalue weighted by molar-refractivity contribution is -0.360. The van der Waals surface area contributed by atoms with E-state index in [1.165, 1.54) is 6.92 Å². The molecule has 12 atom stereocenters. The van der Waals surface area contributed by atoms with Gasteiger partial charge in [-0.1, -0.05) is 32.1 Å². The summed E-state index contributed by atoms with van der Waals surface area (Å²) in [6.45, 7) is 0.0643. The minimum absolute atomic E-state index is 0.0933. The molecular weight excluding hydrogens is 553 g/mol. The highest BCUT2D eigenvalue weighted by molar-refractivity contribution is 5.72. The van der Waals surface area contributed by atoms with Gasteiger partial charge in [0.25, 0.3) is 0 Å². The molecule has 3 aliphatic rings. The van der Waals surface area contributed by atoms with Crippen LogP contribution in [-0.4, -0.2) is 135 Å². The number of halogens is 3. The number of aliphatic hydroxyl groups is 6. The fourth-order valence-corrected chi connectivity index (χ4v) is 5.21. The summed E-state index contributed by atoms with van der Waals surface area (Å²) in [5.41, 5.74) is 0. The Morgan fingerprint density at radius 2 is 1.55 bits per heavy atom. The maximum Gasteiger partial charge on any atom is 0.417 e. The number of carboxylic acids is 1. The summed E-state index contributed by atoms with van der Waals surface area (Å²) in [5.74, 6) is -1.19. The molecule has 3 fully saturated rings. The van der Waals surface area contributed by atoms with E-state index in [9.17, 15) is 53.7 Å². The zero-order chi connectivity index (χ0) is 29.8. The Morgan fingerprint density at radius 3 is 2.12 bits per heavy atom. The van der Waals surface area contributed by atoms with Gasteiger partial charge in [-0.15, -0.1) is 0 Å². The van der Waals surface area contributed by atoms with E-state index in [0.717, 1.165) is 32.1 Å². The predicted octanol–water partition coefficient (Wildman–Crippen LogP) is -0.974. The molecule has 13 nitrogen and oxygen atoms in total. The van der Waals surface area contributed by atoms with Crippen molar-refractivity contribution in [1.82, 2.24) is 0 Å². The Kier molecular flexibility index (Phi) is 11.9. The SMILES string of the molecule is C[C@H](CO[C@@H]1OC(C(F)(F)F)[C@@H](O)[C@H](O)C1O)O[C@@H]1OC(CO)[C@H](O)C(O[C@@H](CC2CCCCC2)C(=O)O)C1O. The smallest absolute Gasteiger partial charge is 0.417 e. The Bertz CT molecular complexity index is 798. The molecule has 2 heterocycles. The maximum atomic E-state index is 13.1. The van der Waals surface area contributed by atoms with Crippen LogP contribution in [0.5, 0.6) is 0 Å². The van der Waals surface area contributed by atoms with E-state index in [1.54, 1.807) is 0 Å². The zero-order valence-corrected chi connectivity index (χ0v) is 21.9.